The fourth-order valence-corrected chi connectivity index (χ4v) is 3.94. The number of nitrogens with one attached hydrogen (secondary N) is 1. The third-order valence-corrected chi connectivity index (χ3v) is 6.69. The molecule has 0 radical (unpaired) electrons. The zero-order valence-electron chi connectivity index (χ0n) is 17.4. The number of hydrogen-bond donors (Lipinski definition) is 2. The first-order chi connectivity index (χ1) is 12.7. The van der Waals surface area contributed by atoms with Crippen LogP contribution in [0.15, 0.2) is 35.2 Å². The van der Waals surface area contributed by atoms with Crippen molar-refractivity contribution in [3.8, 4) is 5.75 Å². The van der Waals surface area contributed by atoms with Crippen molar-refractivity contribution in [3.05, 3.63) is 52.6 Å². The van der Waals surface area contributed by atoms with Gasteiger partial charge in [0.25, 0.3) is 5.91 Å². The predicted octanol–water partition coefficient (Wildman–Crippen LogP) is 3.81. The minimum absolute atomic E-state index is 0.0497. The minimum atomic E-state index is -3.69. The quantitative estimate of drug-likeness (QED) is 0.759. The molecule has 2 rings (SSSR count). The molecule has 1 amide bonds. The Balaban J connectivity index is 2.48. The van der Waals surface area contributed by atoms with Gasteiger partial charge in [-0.2, -0.15) is 0 Å². The van der Waals surface area contributed by atoms with Gasteiger partial charge in [-0.1, -0.05) is 26.8 Å². The van der Waals surface area contributed by atoms with E-state index in [1.807, 2.05) is 26.8 Å². The zero-order chi connectivity index (χ0) is 21.4. The number of aryl methyl sites for hydroxylation is 1. The number of phenols is 1. The van der Waals surface area contributed by atoms with Crippen LogP contribution in [0.4, 0.5) is 5.69 Å². The molecule has 0 bridgehead atoms. The smallest absolute Gasteiger partial charge is 0.255 e. The second-order valence-electron chi connectivity index (χ2n) is 8.14. The first-order valence-corrected chi connectivity index (χ1v) is 10.4. The maximum absolute atomic E-state index is 12.8. The van der Waals surface area contributed by atoms with E-state index in [1.54, 1.807) is 32.0 Å². The van der Waals surface area contributed by atoms with Crippen molar-refractivity contribution in [1.82, 2.24) is 4.31 Å². The summed E-state index contributed by atoms with van der Waals surface area (Å²) >= 11 is 0. The molecule has 0 spiro atoms. The highest BCUT2D eigenvalue weighted by atomic mass is 32.2. The summed E-state index contributed by atoms with van der Waals surface area (Å²) < 4.78 is 26.3. The number of hydrogen-bond acceptors (Lipinski definition) is 4. The van der Waals surface area contributed by atoms with Gasteiger partial charge in [-0.15, -0.1) is 0 Å². The normalized spacial score (nSPS) is 12.3. The largest absolute Gasteiger partial charge is 0.506 e. The Morgan fingerprint density at radius 1 is 1.07 bits per heavy atom. The van der Waals surface area contributed by atoms with Gasteiger partial charge in [0.1, 0.15) is 5.75 Å². The number of aromatic hydroxyl groups is 1. The van der Waals surface area contributed by atoms with E-state index in [1.165, 1.54) is 20.2 Å². The molecule has 152 valence electrons. The van der Waals surface area contributed by atoms with Crippen molar-refractivity contribution in [1.29, 1.82) is 0 Å². The molecule has 0 aliphatic rings. The van der Waals surface area contributed by atoms with E-state index in [9.17, 15) is 18.3 Å². The number of benzene rings is 2. The van der Waals surface area contributed by atoms with Gasteiger partial charge in [0.2, 0.25) is 10.0 Å². The second kappa shape index (κ2) is 7.56. The van der Waals surface area contributed by atoms with Crippen molar-refractivity contribution in [2.45, 2.75) is 44.9 Å². The molecule has 28 heavy (non-hydrogen) atoms. The van der Waals surface area contributed by atoms with Gasteiger partial charge in [-0.05, 0) is 60.2 Å². The van der Waals surface area contributed by atoms with Gasteiger partial charge >= 0.3 is 0 Å². The number of sulfonamides is 1. The van der Waals surface area contributed by atoms with E-state index < -0.39 is 15.9 Å². The molecule has 0 unspecified atom stereocenters. The van der Waals surface area contributed by atoms with E-state index in [4.69, 9.17) is 0 Å². The molecule has 0 aromatic heterocycles. The van der Waals surface area contributed by atoms with Crippen LogP contribution in [0.2, 0.25) is 0 Å². The Hall–Kier alpha value is -2.38. The average Bonchev–Trinajstić information content (AvgIpc) is 2.57. The lowest BCUT2D eigenvalue weighted by molar-refractivity contribution is 0.102. The van der Waals surface area contributed by atoms with Crippen LogP contribution in [-0.4, -0.2) is 37.8 Å². The molecule has 2 aromatic carbocycles. The highest BCUT2D eigenvalue weighted by molar-refractivity contribution is 7.89. The first kappa shape index (κ1) is 21.9. The summed E-state index contributed by atoms with van der Waals surface area (Å²) in [5.41, 5.74) is 2.59. The Kier molecular flexibility index (Phi) is 5.92. The van der Waals surface area contributed by atoms with E-state index in [0.29, 0.717) is 11.1 Å². The van der Waals surface area contributed by atoms with Gasteiger partial charge in [0.05, 0.1) is 10.6 Å². The van der Waals surface area contributed by atoms with Crippen molar-refractivity contribution in [3.63, 3.8) is 0 Å². The molecule has 0 fully saturated rings. The van der Waals surface area contributed by atoms with Gasteiger partial charge in [0.15, 0.2) is 0 Å². The fraction of sp³-hybridized carbons (Fsp3) is 0.381. The Bertz CT molecular complexity index is 1020. The second-order valence-corrected chi connectivity index (χ2v) is 10.3. The number of phenolic OH excluding ortho intramolecular Hbond substituents is 1. The van der Waals surface area contributed by atoms with Crippen molar-refractivity contribution >= 4 is 21.6 Å². The molecule has 0 aliphatic heterocycles. The minimum Gasteiger partial charge on any atom is -0.506 e. The molecule has 0 saturated heterocycles. The number of amides is 1. The summed E-state index contributed by atoms with van der Waals surface area (Å²) in [6.45, 7) is 9.58. The van der Waals surface area contributed by atoms with Gasteiger partial charge < -0.3 is 10.4 Å². The first-order valence-electron chi connectivity index (χ1n) is 8.93. The van der Waals surface area contributed by atoms with Crippen LogP contribution in [0.3, 0.4) is 0 Å². The van der Waals surface area contributed by atoms with Crippen LogP contribution in [0.25, 0.3) is 0 Å². The number of carbonyl (C=O) groups excluding carboxylic acids is 1. The third-order valence-electron chi connectivity index (χ3n) is 4.75. The lowest BCUT2D eigenvalue weighted by atomic mass is 9.87. The van der Waals surface area contributed by atoms with Crippen molar-refractivity contribution < 1.29 is 18.3 Å². The lowest BCUT2D eigenvalue weighted by Crippen LogP contribution is -2.24. The highest BCUT2D eigenvalue weighted by Gasteiger charge is 2.23. The molecule has 0 heterocycles. The molecule has 0 atom stereocenters. The summed E-state index contributed by atoms with van der Waals surface area (Å²) in [5, 5.41) is 12.8. The summed E-state index contributed by atoms with van der Waals surface area (Å²) in [7, 11) is -0.787. The Morgan fingerprint density at radius 3 is 2.21 bits per heavy atom. The SMILES string of the molecule is Cc1cc(C(=O)Nc2cc(C(C)(C)C)ccc2O)cc(S(=O)(=O)N(C)C)c1C. The van der Waals surface area contributed by atoms with Crippen LogP contribution in [0.5, 0.6) is 5.75 Å². The van der Waals surface area contributed by atoms with Crippen LogP contribution < -0.4 is 5.32 Å². The molecule has 0 saturated carbocycles. The van der Waals surface area contributed by atoms with E-state index in [2.05, 4.69) is 5.32 Å². The fourth-order valence-electron chi connectivity index (χ4n) is 2.72. The van der Waals surface area contributed by atoms with Crippen LogP contribution in [0.1, 0.15) is 47.8 Å². The molecular weight excluding hydrogens is 376 g/mol. The topological polar surface area (TPSA) is 86.7 Å². The molecule has 7 heteroatoms. The summed E-state index contributed by atoms with van der Waals surface area (Å²) in [5.74, 6) is -0.536. The highest BCUT2D eigenvalue weighted by Crippen LogP contribution is 2.31. The van der Waals surface area contributed by atoms with Crippen LogP contribution in [0, 0.1) is 13.8 Å². The molecule has 6 nitrogen and oxygen atoms in total. The summed E-state index contributed by atoms with van der Waals surface area (Å²) in [6.07, 6.45) is 0. The Labute approximate surface area is 167 Å². The average molecular weight is 405 g/mol. The van der Waals surface area contributed by atoms with E-state index >= 15 is 0 Å². The molecule has 2 aromatic rings. The monoisotopic (exact) mass is 404 g/mol. The molecule has 0 aliphatic carbocycles. The summed E-state index contributed by atoms with van der Waals surface area (Å²) in [6, 6.07) is 8.09. The number of rotatable bonds is 4. The number of carbonyl (C=O) groups is 1. The Morgan fingerprint density at radius 2 is 1.68 bits per heavy atom. The molecule has 2 N–H and O–H groups in total. The zero-order valence-corrected chi connectivity index (χ0v) is 18.2. The number of nitrogens with zero attached hydrogens (tertiary/aromatic N) is 1. The van der Waals surface area contributed by atoms with Crippen LogP contribution in [-0.2, 0) is 15.4 Å². The van der Waals surface area contributed by atoms with Gasteiger partial charge in [0, 0.05) is 19.7 Å². The maximum atomic E-state index is 12.8. The van der Waals surface area contributed by atoms with Gasteiger partial charge in [-0.25, -0.2) is 12.7 Å². The standard InChI is InChI=1S/C21H28N2O4S/c1-13-10-15(11-19(14(13)2)28(26,27)23(6)7)20(25)22-17-12-16(21(3,4)5)8-9-18(17)24/h8-12,24H,1-7H3,(H,22,25). The van der Waals surface area contributed by atoms with Crippen LogP contribution >= 0.6 is 0 Å². The van der Waals surface area contributed by atoms with Crippen molar-refractivity contribution in [2.24, 2.45) is 0 Å². The van der Waals surface area contributed by atoms with E-state index in [-0.39, 0.29) is 27.3 Å². The van der Waals surface area contributed by atoms with Gasteiger partial charge in [-0.3, -0.25) is 4.79 Å². The van der Waals surface area contributed by atoms with Crippen molar-refractivity contribution in [2.75, 3.05) is 19.4 Å². The number of anilines is 1. The summed E-state index contributed by atoms with van der Waals surface area (Å²) in [4.78, 5) is 12.9. The lowest BCUT2D eigenvalue weighted by Gasteiger charge is -2.21. The van der Waals surface area contributed by atoms with E-state index in [0.717, 1.165) is 9.87 Å². The predicted molar refractivity (Wildman–Crippen MR) is 112 cm³/mol. The maximum Gasteiger partial charge on any atom is 0.255 e. The third kappa shape index (κ3) is 4.36. The molecular formula is C21H28N2O4S.